The highest BCUT2D eigenvalue weighted by Crippen LogP contribution is 2.27. The van der Waals surface area contributed by atoms with Crippen molar-refractivity contribution in [3.05, 3.63) is 41.5 Å². The standard InChI is InChI=1S/C12H11NO2S/c14-11(15)7-6-10-12(16-8-13-10)9-4-2-1-3-5-9/h1-5,8H,6-7H2,(H,14,15). The van der Waals surface area contributed by atoms with Crippen molar-refractivity contribution in [2.45, 2.75) is 12.8 Å². The molecule has 2 rings (SSSR count). The first kappa shape index (κ1) is 10.8. The van der Waals surface area contributed by atoms with Gasteiger partial charge in [-0.3, -0.25) is 4.79 Å². The van der Waals surface area contributed by atoms with Crippen LogP contribution in [0.25, 0.3) is 10.4 Å². The molecular formula is C12H11NO2S. The van der Waals surface area contributed by atoms with Gasteiger partial charge in [0.2, 0.25) is 0 Å². The van der Waals surface area contributed by atoms with E-state index in [2.05, 4.69) is 4.98 Å². The molecule has 0 spiro atoms. The van der Waals surface area contributed by atoms with Gasteiger partial charge in [0.25, 0.3) is 0 Å². The Kier molecular flexibility index (Phi) is 3.31. The van der Waals surface area contributed by atoms with Crippen LogP contribution in [-0.4, -0.2) is 16.1 Å². The summed E-state index contributed by atoms with van der Waals surface area (Å²) in [6, 6.07) is 9.92. The van der Waals surface area contributed by atoms with Crippen molar-refractivity contribution in [3.8, 4) is 10.4 Å². The van der Waals surface area contributed by atoms with Gasteiger partial charge < -0.3 is 5.11 Å². The Labute approximate surface area is 97.4 Å². The number of carboxylic acids is 1. The Hall–Kier alpha value is -1.68. The maximum Gasteiger partial charge on any atom is 0.303 e. The predicted octanol–water partition coefficient (Wildman–Crippen LogP) is 2.83. The molecule has 0 aliphatic rings. The number of thiazole rings is 1. The highest BCUT2D eigenvalue weighted by Gasteiger charge is 2.09. The fraction of sp³-hybridized carbons (Fsp3) is 0.167. The van der Waals surface area contributed by atoms with E-state index in [1.165, 1.54) is 0 Å². The van der Waals surface area contributed by atoms with Gasteiger partial charge in [0.05, 0.1) is 22.5 Å². The number of aromatic nitrogens is 1. The van der Waals surface area contributed by atoms with Gasteiger partial charge in [0.15, 0.2) is 0 Å². The molecule has 0 aliphatic carbocycles. The second-order valence-electron chi connectivity index (χ2n) is 3.39. The summed E-state index contributed by atoms with van der Waals surface area (Å²) >= 11 is 1.55. The van der Waals surface area contributed by atoms with Gasteiger partial charge in [0.1, 0.15) is 0 Å². The second-order valence-corrected chi connectivity index (χ2v) is 4.24. The molecule has 0 radical (unpaired) electrons. The van der Waals surface area contributed by atoms with Crippen molar-refractivity contribution < 1.29 is 9.90 Å². The summed E-state index contributed by atoms with van der Waals surface area (Å²) in [7, 11) is 0. The molecule has 0 amide bonds. The lowest BCUT2D eigenvalue weighted by Gasteiger charge is -2.00. The fourth-order valence-corrected chi connectivity index (χ4v) is 2.35. The Morgan fingerprint density at radius 2 is 2.06 bits per heavy atom. The summed E-state index contributed by atoms with van der Waals surface area (Å²) in [6.07, 6.45) is 0.618. The van der Waals surface area contributed by atoms with Crippen molar-refractivity contribution in [3.63, 3.8) is 0 Å². The van der Waals surface area contributed by atoms with Gasteiger partial charge in [-0.15, -0.1) is 11.3 Å². The SMILES string of the molecule is O=C(O)CCc1ncsc1-c1ccccc1. The fourth-order valence-electron chi connectivity index (χ4n) is 1.50. The van der Waals surface area contributed by atoms with Crippen molar-refractivity contribution in [2.24, 2.45) is 0 Å². The molecule has 0 unspecified atom stereocenters. The minimum atomic E-state index is -0.785. The van der Waals surface area contributed by atoms with E-state index < -0.39 is 5.97 Å². The number of carboxylic acid groups (broad SMARTS) is 1. The molecule has 1 aromatic carbocycles. The summed E-state index contributed by atoms with van der Waals surface area (Å²) in [5.74, 6) is -0.785. The maximum absolute atomic E-state index is 10.5. The molecule has 3 nitrogen and oxygen atoms in total. The molecule has 0 bridgehead atoms. The molecule has 0 fully saturated rings. The molecule has 0 saturated heterocycles. The lowest BCUT2D eigenvalue weighted by Crippen LogP contribution is -1.98. The predicted molar refractivity (Wildman–Crippen MR) is 63.5 cm³/mol. The third-order valence-corrected chi connectivity index (χ3v) is 3.17. The van der Waals surface area contributed by atoms with E-state index in [4.69, 9.17) is 5.11 Å². The van der Waals surface area contributed by atoms with E-state index >= 15 is 0 Å². The van der Waals surface area contributed by atoms with E-state index in [1.807, 2.05) is 30.3 Å². The average molecular weight is 233 g/mol. The summed E-state index contributed by atoms with van der Waals surface area (Å²) in [5, 5.41) is 8.65. The first-order chi connectivity index (χ1) is 7.77. The van der Waals surface area contributed by atoms with Crippen LogP contribution in [0.3, 0.4) is 0 Å². The monoisotopic (exact) mass is 233 g/mol. The first-order valence-corrected chi connectivity index (χ1v) is 5.85. The van der Waals surface area contributed by atoms with Crippen molar-refractivity contribution in [1.29, 1.82) is 0 Å². The van der Waals surface area contributed by atoms with Gasteiger partial charge in [-0.2, -0.15) is 0 Å². The van der Waals surface area contributed by atoms with E-state index in [-0.39, 0.29) is 6.42 Å². The van der Waals surface area contributed by atoms with Crippen LogP contribution in [0.4, 0.5) is 0 Å². The lowest BCUT2D eigenvalue weighted by molar-refractivity contribution is -0.136. The Bertz CT molecular complexity index is 479. The maximum atomic E-state index is 10.5. The van der Waals surface area contributed by atoms with Crippen LogP contribution in [0, 0.1) is 0 Å². The molecule has 1 N–H and O–H groups in total. The number of benzene rings is 1. The van der Waals surface area contributed by atoms with E-state index in [9.17, 15) is 4.79 Å². The van der Waals surface area contributed by atoms with E-state index in [1.54, 1.807) is 16.8 Å². The van der Waals surface area contributed by atoms with Gasteiger partial charge in [-0.05, 0) is 5.56 Å². The average Bonchev–Trinajstić information content (AvgIpc) is 2.75. The molecule has 16 heavy (non-hydrogen) atoms. The summed E-state index contributed by atoms with van der Waals surface area (Å²) in [5.41, 5.74) is 3.74. The van der Waals surface area contributed by atoms with Crippen molar-refractivity contribution >= 4 is 17.3 Å². The number of aliphatic carboxylic acids is 1. The van der Waals surface area contributed by atoms with Gasteiger partial charge in [-0.25, -0.2) is 4.98 Å². The van der Waals surface area contributed by atoms with Crippen molar-refractivity contribution in [1.82, 2.24) is 4.98 Å². The summed E-state index contributed by atoms with van der Waals surface area (Å²) in [4.78, 5) is 15.8. The minimum Gasteiger partial charge on any atom is -0.481 e. The smallest absolute Gasteiger partial charge is 0.303 e. The highest BCUT2D eigenvalue weighted by atomic mass is 32.1. The summed E-state index contributed by atoms with van der Waals surface area (Å²) < 4.78 is 0. The third kappa shape index (κ3) is 2.46. The van der Waals surface area contributed by atoms with Crippen LogP contribution in [0.1, 0.15) is 12.1 Å². The molecule has 1 heterocycles. The quantitative estimate of drug-likeness (QED) is 0.883. The Morgan fingerprint density at radius 1 is 1.31 bits per heavy atom. The Balaban J connectivity index is 2.23. The number of aryl methyl sites for hydroxylation is 1. The van der Waals surface area contributed by atoms with Gasteiger partial charge in [-0.1, -0.05) is 30.3 Å². The molecule has 2 aromatic rings. The lowest BCUT2D eigenvalue weighted by atomic mass is 10.1. The van der Waals surface area contributed by atoms with Crippen molar-refractivity contribution in [2.75, 3.05) is 0 Å². The molecule has 0 atom stereocenters. The number of hydrogen-bond acceptors (Lipinski definition) is 3. The van der Waals surface area contributed by atoms with Crippen LogP contribution in [-0.2, 0) is 11.2 Å². The zero-order chi connectivity index (χ0) is 11.4. The minimum absolute atomic E-state index is 0.129. The third-order valence-electron chi connectivity index (χ3n) is 2.25. The zero-order valence-electron chi connectivity index (χ0n) is 8.59. The first-order valence-electron chi connectivity index (χ1n) is 4.97. The second kappa shape index (κ2) is 4.90. The zero-order valence-corrected chi connectivity index (χ0v) is 9.41. The largest absolute Gasteiger partial charge is 0.481 e. The van der Waals surface area contributed by atoms with Gasteiger partial charge in [0, 0.05) is 6.42 Å². The molecule has 0 aliphatic heterocycles. The Morgan fingerprint density at radius 3 is 2.75 bits per heavy atom. The van der Waals surface area contributed by atoms with E-state index in [0.717, 1.165) is 16.1 Å². The van der Waals surface area contributed by atoms with Crippen LogP contribution in [0.15, 0.2) is 35.8 Å². The van der Waals surface area contributed by atoms with Crippen LogP contribution >= 0.6 is 11.3 Å². The number of nitrogens with zero attached hydrogens (tertiary/aromatic N) is 1. The number of rotatable bonds is 4. The van der Waals surface area contributed by atoms with Crippen LogP contribution < -0.4 is 0 Å². The molecule has 4 heteroatoms. The van der Waals surface area contributed by atoms with Crippen LogP contribution in [0.5, 0.6) is 0 Å². The normalized spacial score (nSPS) is 10.2. The molecular weight excluding hydrogens is 222 g/mol. The molecule has 1 aromatic heterocycles. The van der Waals surface area contributed by atoms with Gasteiger partial charge >= 0.3 is 5.97 Å². The summed E-state index contributed by atoms with van der Waals surface area (Å²) in [6.45, 7) is 0. The van der Waals surface area contributed by atoms with Crippen LogP contribution in [0.2, 0.25) is 0 Å². The number of carbonyl (C=O) groups is 1. The topological polar surface area (TPSA) is 50.2 Å². The molecule has 82 valence electrons. The number of hydrogen-bond donors (Lipinski definition) is 1. The highest BCUT2D eigenvalue weighted by molar-refractivity contribution is 7.13. The van der Waals surface area contributed by atoms with E-state index in [0.29, 0.717) is 6.42 Å². The molecule has 0 saturated carbocycles.